The van der Waals surface area contributed by atoms with Crippen LogP contribution in [0.5, 0.6) is 0 Å². The molecule has 0 spiro atoms. The molecule has 2 aromatic carbocycles. The lowest BCUT2D eigenvalue weighted by molar-refractivity contribution is 0.286. The van der Waals surface area contributed by atoms with Gasteiger partial charge in [-0.25, -0.2) is 4.98 Å². The molecule has 1 heterocycles. The van der Waals surface area contributed by atoms with E-state index in [1.54, 1.807) is 12.1 Å². The highest BCUT2D eigenvalue weighted by Gasteiger charge is 2.15. The average Bonchev–Trinajstić information content (AvgIpc) is 3.02. The molecule has 132 valence electrons. The van der Waals surface area contributed by atoms with Crippen LogP contribution in [0.3, 0.4) is 0 Å². The topological polar surface area (TPSA) is 75.9 Å². The van der Waals surface area contributed by atoms with Crippen molar-refractivity contribution in [2.45, 2.75) is 6.54 Å². The number of allylic oxidation sites excluding steroid dienone is 1. The number of fused-ring (bicyclic) bond motifs is 1. The SMILES string of the molecule is CN(C/C(O)=C(\C#N)c1nc2ccccc2[nH]1)Cc1ccc(Cl)c(Cl)c1. The number of rotatable bonds is 5. The number of aliphatic hydroxyl groups excluding tert-OH is 1. The molecule has 0 amide bonds. The lowest BCUT2D eigenvalue weighted by atomic mass is 10.2. The second kappa shape index (κ2) is 7.79. The number of aromatic nitrogens is 2. The standard InChI is InChI=1S/C19H16Cl2N4O/c1-25(10-12-6-7-14(20)15(21)8-12)11-18(26)13(9-22)19-23-16-4-2-3-5-17(16)24-19/h2-8,26H,10-11H2,1H3,(H,23,24)/b18-13-. The molecule has 26 heavy (non-hydrogen) atoms. The molecule has 0 radical (unpaired) electrons. The van der Waals surface area contributed by atoms with Gasteiger partial charge < -0.3 is 10.1 Å². The van der Waals surface area contributed by atoms with Gasteiger partial charge in [0, 0.05) is 6.54 Å². The molecule has 0 unspecified atom stereocenters. The maximum Gasteiger partial charge on any atom is 0.152 e. The zero-order valence-corrected chi connectivity index (χ0v) is 15.5. The number of H-pyrrole nitrogens is 1. The van der Waals surface area contributed by atoms with Crippen molar-refractivity contribution < 1.29 is 5.11 Å². The summed E-state index contributed by atoms with van der Waals surface area (Å²) in [6.07, 6.45) is 0. The van der Waals surface area contributed by atoms with Gasteiger partial charge in [-0.3, -0.25) is 4.90 Å². The fraction of sp³-hybridized carbons (Fsp3) is 0.158. The largest absolute Gasteiger partial charge is 0.509 e. The Kier molecular flexibility index (Phi) is 5.48. The summed E-state index contributed by atoms with van der Waals surface area (Å²) < 4.78 is 0. The number of likely N-dealkylation sites (N-methyl/N-ethyl adjacent to an activating group) is 1. The summed E-state index contributed by atoms with van der Waals surface area (Å²) in [7, 11) is 1.84. The van der Waals surface area contributed by atoms with E-state index in [0.29, 0.717) is 22.4 Å². The molecule has 2 N–H and O–H groups in total. The molecule has 0 saturated carbocycles. The molecule has 0 atom stereocenters. The van der Waals surface area contributed by atoms with Crippen LogP contribution in [0.1, 0.15) is 11.4 Å². The van der Waals surface area contributed by atoms with Crippen LogP contribution >= 0.6 is 23.2 Å². The van der Waals surface area contributed by atoms with E-state index in [1.165, 1.54) is 0 Å². The van der Waals surface area contributed by atoms with Crippen LogP contribution < -0.4 is 0 Å². The van der Waals surface area contributed by atoms with Crippen LogP contribution in [0, 0.1) is 11.3 Å². The minimum absolute atomic E-state index is 0.0471. The number of aromatic amines is 1. The van der Waals surface area contributed by atoms with E-state index in [2.05, 4.69) is 9.97 Å². The van der Waals surface area contributed by atoms with E-state index in [0.717, 1.165) is 16.6 Å². The molecular weight excluding hydrogens is 371 g/mol. The Morgan fingerprint density at radius 2 is 2.00 bits per heavy atom. The van der Waals surface area contributed by atoms with Crippen molar-refractivity contribution in [1.29, 1.82) is 5.26 Å². The van der Waals surface area contributed by atoms with Gasteiger partial charge in [0.2, 0.25) is 0 Å². The minimum atomic E-state index is -0.0471. The molecule has 1 aromatic heterocycles. The lowest BCUT2D eigenvalue weighted by Gasteiger charge is -2.17. The van der Waals surface area contributed by atoms with Gasteiger partial charge in [-0.05, 0) is 36.9 Å². The maximum absolute atomic E-state index is 10.4. The first-order valence-corrected chi connectivity index (χ1v) is 8.63. The summed E-state index contributed by atoms with van der Waals surface area (Å²) in [6.45, 7) is 0.736. The smallest absolute Gasteiger partial charge is 0.152 e. The normalized spacial score (nSPS) is 12.3. The van der Waals surface area contributed by atoms with E-state index in [-0.39, 0.29) is 17.9 Å². The summed E-state index contributed by atoms with van der Waals surface area (Å²) in [5.74, 6) is 0.309. The fourth-order valence-electron chi connectivity index (χ4n) is 2.67. The number of aliphatic hydroxyl groups is 1. The Bertz CT molecular complexity index is 987. The fourth-order valence-corrected chi connectivity index (χ4v) is 2.99. The first-order valence-electron chi connectivity index (χ1n) is 7.87. The van der Waals surface area contributed by atoms with Gasteiger partial charge in [0.05, 0.1) is 27.6 Å². The van der Waals surface area contributed by atoms with Crippen molar-refractivity contribution in [3.63, 3.8) is 0 Å². The summed E-state index contributed by atoms with van der Waals surface area (Å²) in [5, 5.41) is 20.9. The molecule has 0 fully saturated rings. The number of benzene rings is 2. The third kappa shape index (κ3) is 4.00. The number of nitriles is 1. The summed E-state index contributed by atoms with van der Waals surface area (Å²) >= 11 is 12.0. The van der Waals surface area contributed by atoms with Gasteiger partial charge in [-0.1, -0.05) is 41.4 Å². The van der Waals surface area contributed by atoms with Crippen LogP contribution in [0.15, 0.2) is 48.2 Å². The molecular formula is C19H16Cl2N4O. The molecule has 0 aliphatic rings. The first-order chi connectivity index (χ1) is 12.5. The van der Waals surface area contributed by atoms with E-state index >= 15 is 0 Å². The van der Waals surface area contributed by atoms with Crippen molar-refractivity contribution in [1.82, 2.24) is 14.9 Å². The Hall–Kier alpha value is -2.52. The van der Waals surface area contributed by atoms with Gasteiger partial charge >= 0.3 is 0 Å². The quantitative estimate of drug-likeness (QED) is 0.487. The highest BCUT2D eigenvalue weighted by Crippen LogP contribution is 2.23. The number of halogens is 2. The summed E-state index contributed by atoms with van der Waals surface area (Å²) in [5.41, 5.74) is 2.64. The third-order valence-corrected chi connectivity index (χ3v) is 4.62. The predicted octanol–water partition coefficient (Wildman–Crippen LogP) is 4.79. The number of hydrogen-bond acceptors (Lipinski definition) is 4. The molecule has 0 bridgehead atoms. The molecule has 0 aliphatic heterocycles. The van der Waals surface area contributed by atoms with Gasteiger partial charge in [-0.15, -0.1) is 0 Å². The number of hydrogen-bond donors (Lipinski definition) is 2. The maximum atomic E-state index is 10.4. The Labute approximate surface area is 161 Å². The molecule has 0 saturated heterocycles. The average molecular weight is 387 g/mol. The minimum Gasteiger partial charge on any atom is -0.509 e. The molecule has 5 nitrogen and oxygen atoms in total. The number of para-hydroxylation sites is 2. The number of nitrogens with zero attached hydrogens (tertiary/aromatic N) is 3. The van der Waals surface area contributed by atoms with E-state index < -0.39 is 0 Å². The second-order valence-corrected chi connectivity index (χ2v) is 6.77. The van der Waals surface area contributed by atoms with Crippen molar-refractivity contribution in [3.8, 4) is 6.07 Å². The van der Waals surface area contributed by atoms with Crippen LogP contribution in [0.4, 0.5) is 0 Å². The highest BCUT2D eigenvalue weighted by molar-refractivity contribution is 6.42. The third-order valence-electron chi connectivity index (χ3n) is 3.88. The zero-order valence-electron chi connectivity index (χ0n) is 14.0. The summed E-state index contributed by atoms with van der Waals surface area (Å²) in [6, 6.07) is 14.9. The zero-order chi connectivity index (χ0) is 18.7. The highest BCUT2D eigenvalue weighted by atomic mass is 35.5. The van der Waals surface area contributed by atoms with Gasteiger partial charge in [-0.2, -0.15) is 5.26 Å². The molecule has 3 rings (SSSR count). The van der Waals surface area contributed by atoms with Crippen LogP contribution in [-0.2, 0) is 6.54 Å². The van der Waals surface area contributed by atoms with E-state index in [9.17, 15) is 10.4 Å². The molecule has 7 heteroatoms. The van der Waals surface area contributed by atoms with Crippen LogP contribution in [-0.4, -0.2) is 33.6 Å². The van der Waals surface area contributed by atoms with Crippen molar-refractivity contribution >= 4 is 39.8 Å². The number of nitrogens with one attached hydrogen (secondary N) is 1. The van der Waals surface area contributed by atoms with Crippen molar-refractivity contribution in [2.75, 3.05) is 13.6 Å². The number of imidazole rings is 1. The van der Waals surface area contributed by atoms with Gasteiger partial charge in [0.25, 0.3) is 0 Å². The lowest BCUT2D eigenvalue weighted by Crippen LogP contribution is -2.21. The Balaban J connectivity index is 1.79. The van der Waals surface area contributed by atoms with Crippen LogP contribution in [0.2, 0.25) is 10.0 Å². The van der Waals surface area contributed by atoms with E-state index in [1.807, 2.05) is 48.3 Å². The predicted molar refractivity (Wildman–Crippen MR) is 104 cm³/mol. The summed E-state index contributed by atoms with van der Waals surface area (Å²) in [4.78, 5) is 9.30. The van der Waals surface area contributed by atoms with Crippen LogP contribution in [0.25, 0.3) is 16.6 Å². The Morgan fingerprint density at radius 1 is 1.23 bits per heavy atom. The van der Waals surface area contributed by atoms with E-state index in [4.69, 9.17) is 23.2 Å². The Morgan fingerprint density at radius 3 is 2.69 bits per heavy atom. The van der Waals surface area contributed by atoms with Crippen molar-refractivity contribution in [3.05, 3.63) is 69.7 Å². The van der Waals surface area contributed by atoms with Gasteiger partial charge in [0.15, 0.2) is 5.82 Å². The van der Waals surface area contributed by atoms with Crippen molar-refractivity contribution in [2.24, 2.45) is 0 Å². The molecule has 3 aromatic rings. The monoisotopic (exact) mass is 386 g/mol. The second-order valence-electron chi connectivity index (χ2n) is 5.96. The molecule has 0 aliphatic carbocycles. The first kappa shape index (κ1) is 18.3. The van der Waals surface area contributed by atoms with Gasteiger partial charge in [0.1, 0.15) is 17.4 Å².